The molecule has 1 aromatic rings. The Morgan fingerprint density at radius 1 is 1.57 bits per heavy atom. The lowest BCUT2D eigenvalue weighted by Gasteiger charge is -2.29. The number of ether oxygens (including phenoxy) is 1. The molecule has 1 aromatic heterocycles. The number of rotatable bonds is 1. The lowest BCUT2D eigenvalue weighted by molar-refractivity contribution is -0.132. The number of anilines is 1. The van der Waals surface area contributed by atoms with Gasteiger partial charge >= 0.3 is 0 Å². The van der Waals surface area contributed by atoms with Crippen molar-refractivity contribution in [3.05, 3.63) is 24.4 Å². The van der Waals surface area contributed by atoms with E-state index in [9.17, 15) is 4.79 Å². The Labute approximate surface area is 82.5 Å². The Hall–Kier alpha value is -1.42. The van der Waals surface area contributed by atoms with E-state index in [1.807, 2.05) is 18.2 Å². The van der Waals surface area contributed by atoms with Crippen molar-refractivity contribution in [2.75, 3.05) is 18.1 Å². The van der Waals surface area contributed by atoms with Gasteiger partial charge in [-0.1, -0.05) is 6.07 Å². The number of nitrogens with zero attached hydrogens (tertiary/aromatic N) is 2. The van der Waals surface area contributed by atoms with Crippen LogP contribution in [0.2, 0.25) is 0 Å². The van der Waals surface area contributed by atoms with Crippen molar-refractivity contribution in [2.24, 2.45) is 0 Å². The van der Waals surface area contributed by atoms with Crippen LogP contribution in [-0.4, -0.2) is 30.1 Å². The van der Waals surface area contributed by atoms with E-state index in [1.165, 1.54) is 0 Å². The fourth-order valence-corrected chi connectivity index (χ4v) is 1.46. The molecule has 1 aliphatic heterocycles. The average Bonchev–Trinajstić information content (AvgIpc) is 2.23. The molecule has 0 N–H and O–H groups in total. The number of amides is 1. The molecule has 0 spiro atoms. The number of pyridine rings is 1. The predicted octanol–water partition coefficient (Wildman–Crippen LogP) is 0.833. The molecule has 1 saturated heterocycles. The van der Waals surface area contributed by atoms with Crippen LogP contribution in [0.5, 0.6) is 0 Å². The molecule has 74 valence electrons. The monoisotopic (exact) mass is 192 g/mol. The normalized spacial score (nSPS) is 22.5. The van der Waals surface area contributed by atoms with Crippen molar-refractivity contribution in [1.29, 1.82) is 0 Å². The van der Waals surface area contributed by atoms with Crippen LogP contribution in [0, 0.1) is 0 Å². The molecule has 0 aromatic carbocycles. The quantitative estimate of drug-likeness (QED) is 0.662. The van der Waals surface area contributed by atoms with Gasteiger partial charge in [-0.25, -0.2) is 4.98 Å². The molecular weight excluding hydrogens is 180 g/mol. The summed E-state index contributed by atoms with van der Waals surface area (Å²) in [4.78, 5) is 17.5. The van der Waals surface area contributed by atoms with E-state index in [0.29, 0.717) is 19.0 Å². The molecule has 0 aliphatic carbocycles. The van der Waals surface area contributed by atoms with Crippen molar-refractivity contribution in [2.45, 2.75) is 13.0 Å². The van der Waals surface area contributed by atoms with Crippen molar-refractivity contribution in [1.82, 2.24) is 4.98 Å². The maximum absolute atomic E-state index is 11.7. The highest BCUT2D eigenvalue weighted by Crippen LogP contribution is 2.14. The summed E-state index contributed by atoms with van der Waals surface area (Å²) in [6, 6.07) is 5.53. The first kappa shape index (κ1) is 9.15. The molecule has 4 nitrogen and oxygen atoms in total. The van der Waals surface area contributed by atoms with Crippen LogP contribution in [-0.2, 0) is 9.53 Å². The first-order valence-corrected chi connectivity index (χ1v) is 4.63. The van der Waals surface area contributed by atoms with Crippen molar-refractivity contribution < 1.29 is 9.53 Å². The Morgan fingerprint density at radius 2 is 2.43 bits per heavy atom. The van der Waals surface area contributed by atoms with Gasteiger partial charge in [-0.05, 0) is 19.1 Å². The van der Waals surface area contributed by atoms with Gasteiger partial charge in [-0.2, -0.15) is 0 Å². The summed E-state index contributed by atoms with van der Waals surface area (Å²) in [5.41, 5.74) is 0. The van der Waals surface area contributed by atoms with Gasteiger partial charge in [0.05, 0.1) is 13.2 Å². The van der Waals surface area contributed by atoms with E-state index in [0.717, 1.165) is 0 Å². The van der Waals surface area contributed by atoms with Gasteiger partial charge < -0.3 is 4.74 Å². The third kappa shape index (κ3) is 1.61. The van der Waals surface area contributed by atoms with Gasteiger partial charge in [-0.15, -0.1) is 0 Å². The number of hydrogen-bond acceptors (Lipinski definition) is 3. The van der Waals surface area contributed by atoms with Crippen LogP contribution in [0.3, 0.4) is 0 Å². The van der Waals surface area contributed by atoms with Crippen molar-refractivity contribution >= 4 is 11.7 Å². The molecule has 1 fully saturated rings. The predicted molar refractivity (Wildman–Crippen MR) is 52.0 cm³/mol. The lowest BCUT2D eigenvalue weighted by atomic mass is 10.3. The Balaban J connectivity index is 2.22. The first-order valence-electron chi connectivity index (χ1n) is 4.63. The van der Waals surface area contributed by atoms with E-state index >= 15 is 0 Å². The molecule has 1 atom stereocenters. The SMILES string of the molecule is CC1OCCN(c2ccccn2)C1=O. The van der Waals surface area contributed by atoms with E-state index in [-0.39, 0.29) is 12.0 Å². The van der Waals surface area contributed by atoms with Crippen LogP contribution < -0.4 is 4.90 Å². The zero-order valence-electron chi connectivity index (χ0n) is 8.01. The second-order valence-corrected chi connectivity index (χ2v) is 3.19. The average molecular weight is 192 g/mol. The van der Waals surface area contributed by atoms with Crippen molar-refractivity contribution in [3.63, 3.8) is 0 Å². The fourth-order valence-electron chi connectivity index (χ4n) is 1.46. The molecule has 1 unspecified atom stereocenters. The summed E-state index contributed by atoms with van der Waals surface area (Å²) in [5.74, 6) is 0.683. The van der Waals surface area contributed by atoms with E-state index in [1.54, 1.807) is 18.0 Å². The summed E-state index contributed by atoms with van der Waals surface area (Å²) in [7, 11) is 0. The second kappa shape index (κ2) is 3.75. The fraction of sp³-hybridized carbons (Fsp3) is 0.400. The summed E-state index contributed by atoms with van der Waals surface area (Å²) in [6.07, 6.45) is 1.33. The van der Waals surface area contributed by atoms with Gasteiger partial charge in [-0.3, -0.25) is 9.69 Å². The minimum absolute atomic E-state index is 0.0186. The smallest absolute Gasteiger partial charge is 0.257 e. The maximum Gasteiger partial charge on any atom is 0.257 e. The van der Waals surface area contributed by atoms with Gasteiger partial charge in [0, 0.05) is 6.20 Å². The minimum atomic E-state index is -0.356. The van der Waals surface area contributed by atoms with E-state index in [2.05, 4.69) is 4.98 Å². The van der Waals surface area contributed by atoms with Crippen LogP contribution in [0.1, 0.15) is 6.92 Å². The minimum Gasteiger partial charge on any atom is -0.367 e. The summed E-state index contributed by atoms with van der Waals surface area (Å²) in [5, 5.41) is 0. The number of carbonyl (C=O) groups is 1. The maximum atomic E-state index is 11.7. The zero-order valence-corrected chi connectivity index (χ0v) is 8.01. The molecule has 2 heterocycles. The highest BCUT2D eigenvalue weighted by molar-refractivity contribution is 5.96. The molecule has 1 amide bonds. The van der Waals surface area contributed by atoms with Gasteiger partial charge in [0.25, 0.3) is 5.91 Å². The lowest BCUT2D eigenvalue weighted by Crippen LogP contribution is -2.46. The van der Waals surface area contributed by atoms with Gasteiger partial charge in [0.1, 0.15) is 11.9 Å². The highest BCUT2D eigenvalue weighted by atomic mass is 16.5. The second-order valence-electron chi connectivity index (χ2n) is 3.19. The molecule has 1 aliphatic rings. The van der Waals surface area contributed by atoms with Crippen LogP contribution in [0.15, 0.2) is 24.4 Å². The molecule has 14 heavy (non-hydrogen) atoms. The van der Waals surface area contributed by atoms with E-state index in [4.69, 9.17) is 4.74 Å². The Bertz CT molecular complexity index is 326. The van der Waals surface area contributed by atoms with Crippen LogP contribution in [0.4, 0.5) is 5.82 Å². The third-order valence-electron chi connectivity index (χ3n) is 2.22. The number of aromatic nitrogens is 1. The number of carbonyl (C=O) groups excluding carboxylic acids is 1. The molecule has 2 rings (SSSR count). The Kier molecular flexibility index (Phi) is 2.45. The first-order chi connectivity index (χ1) is 6.79. The molecule has 0 radical (unpaired) electrons. The summed E-state index contributed by atoms with van der Waals surface area (Å²) in [6.45, 7) is 2.92. The third-order valence-corrected chi connectivity index (χ3v) is 2.22. The number of morpholine rings is 1. The van der Waals surface area contributed by atoms with Gasteiger partial charge in [0.15, 0.2) is 0 Å². The van der Waals surface area contributed by atoms with Crippen LogP contribution >= 0.6 is 0 Å². The largest absolute Gasteiger partial charge is 0.367 e. The highest BCUT2D eigenvalue weighted by Gasteiger charge is 2.27. The van der Waals surface area contributed by atoms with Crippen LogP contribution in [0.25, 0.3) is 0 Å². The molecular formula is C10H12N2O2. The topological polar surface area (TPSA) is 42.4 Å². The summed E-state index contributed by atoms with van der Waals surface area (Å²) >= 11 is 0. The number of hydrogen-bond donors (Lipinski definition) is 0. The summed E-state index contributed by atoms with van der Waals surface area (Å²) < 4.78 is 5.22. The Morgan fingerprint density at radius 3 is 3.14 bits per heavy atom. The molecule has 0 bridgehead atoms. The standard InChI is InChI=1S/C10H12N2O2/c1-8-10(13)12(6-7-14-8)9-4-2-3-5-11-9/h2-5,8H,6-7H2,1H3. The molecule has 0 saturated carbocycles. The zero-order chi connectivity index (χ0) is 9.97. The van der Waals surface area contributed by atoms with Gasteiger partial charge in [0.2, 0.25) is 0 Å². The molecule has 4 heteroatoms. The van der Waals surface area contributed by atoms with E-state index < -0.39 is 0 Å². The van der Waals surface area contributed by atoms with Crippen molar-refractivity contribution in [3.8, 4) is 0 Å².